The molecule has 2 aliphatic carbocycles. The average molecular weight is 284 g/mol. The van der Waals surface area contributed by atoms with Crippen LogP contribution in [0.25, 0.3) is 0 Å². The minimum absolute atomic E-state index is 0.319. The smallest absolute Gasteiger partial charge is 0.0106 e. The van der Waals surface area contributed by atoms with E-state index in [2.05, 4.69) is 45.0 Å². The van der Waals surface area contributed by atoms with Crippen molar-refractivity contribution in [3.63, 3.8) is 0 Å². The highest BCUT2D eigenvalue weighted by atomic mass is 14.4. The number of benzene rings is 1. The molecule has 0 amide bonds. The lowest BCUT2D eigenvalue weighted by Gasteiger charge is -2.27. The van der Waals surface area contributed by atoms with Gasteiger partial charge in [-0.1, -0.05) is 77.1 Å². The first-order chi connectivity index (χ1) is 10.1. The van der Waals surface area contributed by atoms with E-state index in [9.17, 15) is 0 Å². The molecule has 0 saturated heterocycles. The van der Waals surface area contributed by atoms with Crippen molar-refractivity contribution >= 4 is 0 Å². The van der Waals surface area contributed by atoms with Gasteiger partial charge in [-0.05, 0) is 53.6 Å². The van der Waals surface area contributed by atoms with Crippen molar-refractivity contribution in [1.29, 1.82) is 0 Å². The SMILES string of the molecule is CCC(C)(C)c1ccc([C@H]2CCCC2C2CCCC2)cc1. The first kappa shape index (κ1) is 15.1. The van der Waals surface area contributed by atoms with Gasteiger partial charge in [-0.3, -0.25) is 0 Å². The summed E-state index contributed by atoms with van der Waals surface area (Å²) in [6.07, 6.45) is 11.5. The molecule has 1 aromatic carbocycles. The molecule has 1 aromatic rings. The first-order valence-electron chi connectivity index (χ1n) is 9.22. The van der Waals surface area contributed by atoms with Crippen LogP contribution < -0.4 is 0 Å². The van der Waals surface area contributed by atoms with Gasteiger partial charge in [0.1, 0.15) is 0 Å². The summed E-state index contributed by atoms with van der Waals surface area (Å²) >= 11 is 0. The molecule has 0 radical (unpaired) electrons. The molecule has 2 fully saturated rings. The van der Waals surface area contributed by atoms with E-state index in [0.29, 0.717) is 5.41 Å². The van der Waals surface area contributed by atoms with Crippen LogP contribution in [0, 0.1) is 11.8 Å². The number of hydrogen-bond donors (Lipinski definition) is 0. The molecule has 2 aliphatic rings. The largest absolute Gasteiger partial charge is 0.0646 e. The second-order valence-corrected chi connectivity index (χ2v) is 8.11. The third-order valence-electron chi connectivity index (χ3n) is 6.58. The molecule has 116 valence electrons. The van der Waals surface area contributed by atoms with Crippen molar-refractivity contribution < 1.29 is 0 Å². The van der Waals surface area contributed by atoms with Gasteiger partial charge in [-0.25, -0.2) is 0 Å². The molecule has 0 spiro atoms. The van der Waals surface area contributed by atoms with E-state index < -0.39 is 0 Å². The van der Waals surface area contributed by atoms with Gasteiger partial charge in [0.25, 0.3) is 0 Å². The van der Waals surface area contributed by atoms with Crippen molar-refractivity contribution in [1.82, 2.24) is 0 Å². The van der Waals surface area contributed by atoms with Crippen LogP contribution in [0.5, 0.6) is 0 Å². The molecular formula is C21H32. The van der Waals surface area contributed by atoms with E-state index in [-0.39, 0.29) is 0 Å². The van der Waals surface area contributed by atoms with E-state index in [0.717, 1.165) is 17.8 Å². The van der Waals surface area contributed by atoms with Crippen molar-refractivity contribution in [3.8, 4) is 0 Å². The summed E-state index contributed by atoms with van der Waals surface area (Å²) in [5, 5.41) is 0. The lowest BCUT2D eigenvalue weighted by atomic mass is 9.77. The van der Waals surface area contributed by atoms with Crippen LogP contribution in [0.15, 0.2) is 24.3 Å². The van der Waals surface area contributed by atoms with Gasteiger partial charge in [0, 0.05) is 0 Å². The normalized spacial score (nSPS) is 27.4. The van der Waals surface area contributed by atoms with Crippen LogP contribution in [-0.2, 0) is 5.41 Å². The lowest BCUT2D eigenvalue weighted by molar-refractivity contribution is 0.316. The first-order valence-corrected chi connectivity index (χ1v) is 9.22. The van der Waals surface area contributed by atoms with Gasteiger partial charge in [-0.2, -0.15) is 0 Å². The maximum atomic E-state index is 2.45. The van der Waals surface area contributed by atoms with Crippen LogP contribution in [0.4, 0.5) is 0 Å². The Bertz CT molecular complexity index is 447. The van der Waals surface area contributed by atoms with Crippen molar-refractivity contribution in [3.05, 3.63) is 35.4 Å². The summed E-state index contributed by atoms with van der Waals surface area (Å²) in [7, 11) is 0. The maximum Gasteiger partial charge on any atom is -0.0106 e. The fraction of sp³-hybridized carbons (Fsp3) is 0.714. The Morgan fingerprint density at radius 3 is 2.19 bits per heavy atom. The molecule has 3 rings (SSSR count). The fourth-order valence-corrected chi connectivity index (χ4v) is 4.74. The monoisotopic (exact) mass is 284 g/mol. The topological polar surface area (TPSA) is 0 Å². The summed E-state index contributed by atoms with van der Waals surface area (Å²) < 4.78 is 0. The van der Waals surface area contributed by atoms with E-state index in [4.69, 9.17) is 0 Å². The molecule has 21 heavy (non-hydrogen) atoms. The van der Waals surface area contributed by atoms with Crippen molar-refractivity contribution in [2.45, 2.75) is 83.5 Å². The quantitative estimate of drug-likeness (QED) is 0.596. The second kappa shape index (κ2) is 6.15. The van der Waals surface area contributed by atoms with Gasteiger partial charge in [-0.15, -0.1) is 0 Å². The molecule has 0 nitrogen and oxygen atoms in total. The average Bonchev–Trinajstić information content (AvgIpc) is 3.18. The zero-order valence-electron chi connectivity index (χ0n) is 14.2. The predicted molar refractivity (Wildman–Crippen MR) is 91.8 cm³/mol. The number of rotatable bonds is 4. The van der Waals surface area contributed by atoms with Gasteiger partial charge in [0.05, 0.1) is 0 Å². The Kier molecular flexibility index (Phi) is 4.43. The fourth-order valence-electron chi connectivity index (χ4n) is 4.74. The van der Waals surface area contributed by atoms with Crippen LogP contribution in [0.2, 0.25) is 0 Å². The summed E-state index contributed by atoms with van der Waals surface area (Å²) in [5.74, 6) is 2.87. The molecule has 0 N–H and O–H groups in total. The predicted octanol–water partition coefficient (Wildman–Crippen LogP) is 6.45. The van der Waals surface area contributed by atoms with E-state index in [1.807, 2.05) is 0 Å². The summed E-state index contributed by atoms with van der Waals surface area (Å²) in [4.78, 5) is 0. The number of hydrogen-bond acceptors (Lipinski definition) is 0. The van der Waals surface area contributed by atoms with Crippen LogP contribution in [0.1, 0.15) is 89.2 Å². The van der Waals surface area contributed by atoms with Crippen molar-refractivity contribution in [2.75, 3.05) is 0 Å². The van der Waals surface area contributed by atoms with E-state index in [1.54, 1.807) is 5.56 Å². The summed E-state index contributed by atoms with van der Waals surface area (Å²) in [5.41, 5.74) is 3.45. The molecule has 2 atom stereocenters. The Morgan fingerprint density at radius 2 is 1.57 bits per heavy atom. The Morgan fingerprint density at radius 1 is 0.905 bits per heavy atom. The molecule has 0 heterocycles. The zero-order valence-corrected chi connectivity index (χ0v) is 14.2. The van der Waals surface area contributed by atoms with Gasteiger partial charge < -0.3 is 0 Å². The van der Waals surface area contributed by atoms with Gasteiger partial charge in [0.15, 0.2) is 0 Å². The molecule has 0 aromatic heterocycles. The third kappa shape index (κ3) is 3.05. The summed E-state index contributed by atoms with van der Waals surface area (Å²) in [6, 6.07) is 9.71. The van der Waals surface area contributed by atoms with E-state index >= 15 is 0 Å². The minimum atomic E-state index is 0.319. The zero-order chi connectivity index (χ0) is 14.9. The molecule has 0 bridgehead atoms. The molecule has 1 unspecified atom stereocenters. The maximum absolute atomic E-state index is 2.45. The van der Waals surface area contributed by atoms with Crippen LogP contribution >= 0.6 is 0 Å². The van der Waals surface area contributed by atoms with Crippen molar-refractivity contribution in [2.24, 2.45) is 11.8 Å². The van der Waals surface area contributed by atoms with Crippen LogP contribution in [0.3, 0.4) is 0 Å². The molecular weight excluding hydrogens is 252 g/mol. The van der Waals surface area contributed by atoms with Crippen LogP contribution in [-0.4, -0.2) is 0 Å². The Hall–Kier alpha value is -0.780. The second-order valence-electron chi connectivity index (χ2n) is 8.11. The minimum Gasteiger partial charge on any atom is -0.0646 e. The molecule has 2 saturated carbocycles. The Balaban J connectivity index is 1.76. The molecule has 0 aliphatic heterocycles. The lowest BCUT2D eigenvalue weighted by Crippen LogP contribution is -2.17. The van der Waals surface area contributed by atoms with E-state index in [1.165, 1.54) is 56.9 Å². The highest BCUT2D eigenvalue weighted by Crippen LogP contribution is 2.48. The summed E-state index contributed by atoms with van der Waals surface area (Å²) in [6.45, 7) is 7.01. The highest BCUT2D eigenvalue weighted by molar-refractivity contribution is 5.31. The van der Waals surface area contributed by atoms with Gasteiger partial charge in [0.2, 0.25) is 0 Å². The Labute approximate surface area is 131 Å². The highest BCUT2D eigenvalue weighted by Gasteiger charge is 2.35. The third-order valence-corrected chi connectivity index (χ3v) is 6.58. The molecule has 0 heteroatoms. The van der Waals surface area contributed by atoms with Gasteiger partial charge >= 0.3 is 0 Å². The standard InChI is InChI=1S/C21H32/c1-4-21(2,3)18-14-12-17(13-15-18)20-11-7-10-19(20)16-8-5-6-9-16/h12-16,19-20H,4-11H2,1-3H3/t19?,20-/m1/s1.